The van der Waals surface area contributed by atoms with Crippen molar-refractivity contribution in [3.63, 3.8) is 0 Å². The second-order valence-electron chi connectivity index (χ2n) is 7.36. The molecule has 162 valence electrons. The topological polar surface area (TPSA) is 58.4 Å². The van der Waals surface area contributed by atoms with Crippen molar-refractivity contribution < 1.29 is 27.5 Å². The van der Waals surface area contributed by atoms with Gasteiger partial charge in [-0.2, -0.15) is 18.3 Å². The van der Waals surface area contributed by atoms with Crippen LogP contribution in [0.4, 0.5) is 17.6 Å². The van der Waals surface area contributed by atoms with Crippen molar-refractivity contribution in [3.8, 4) is 0 Å². The number of carbonyl (C=O) groups excluding carboxylic acids is 1. The van der Waals surface area contributed by atoms with E-state index < -0.39 is 28.4 Å². The number of alkyl halides is 3. The number of nitrogens with zero attached hydrogens (tertiary/aromatic N) is 3. The number of likely N-dealkylation sites (tertiary alicyclic amines) is 1. The van der Waals surface area contributed by atoms with Crippen LogP contribution < -0.4 is 0 Å². The Morgan fingerprint density at radius 1 is 1.27 bits per heavy atom. The van der Waals surface area contributed by atoms with E-state index in [0.29, 0.717) is 19.3 Å². The standard InChI is InChI=1S/C20H20ClF4N3O2/c1-13-17(21)18(20(23,24)25)26-28(13)9-6-16(29)27-10-7-19(30,8-11-27)12-14-2-4-15(22)5-3-14/h2-6,9,30H,7-8,10-12H2,1H3/b9-6-. The SMILES string of the molecule is Cc1c(Cl)c(C(F)(F)F)nn1/C=C\C(=O)N1CCC(O)(Cc2ccc(F)cc2)CC1. The fraction of sp³-hybridized carbons (Fsp3) is 0.400. The lowest BCUT2D eigenvalue weighted by Crippen LogP contribution is -2.47. The van der Waals surface area contributed by atoms with E-state index in [1.165, 1.54) is 24.0 Å². The van der Waals surface area contributed by atoms with Crippen LogP contribution in [0, 0.1) is 12.7 Å². The van der Waals surface area contributed by atoms with Gasteiger partial charge in [-0.15, -0.1) is 0 Å². The monoisotopic (exact) mass is 445 g/mol. The molecule has 10 heteroatoms. The van der Waals surface area contributed by atoms with Crippen molar-refractivity contribution in [2.75, 3.05) is 13.1 Å². The summed E-state index contributed by atoms with van der Waals surface area (Å²) in [5.41, 5.74) is -1.35. The third-order valence-electron chi connectivity index (χ3n) is 5.16. The normalized spacial score (nSPS) is 17.0. The number of piperidine rings is 1. The molecule has 0 spiro atoms. The highest BCUT2D eigenvalue weighted by atomic mass is 35.5. The number of halogens is 5. The number of aromatic nitrogens is 2. The molecule has 0 saturated carbocycles. The number of hydrogen-bond donors (Lipinski definition) is 1. The fourth-order valence-corrected chi connectivity index (χ4v) is 3.60. The minimum Gasteiger partial charge on any atom is -0.389 e. The van der Waals surface area contributed by atoms with Crippen LogP contribution in [-0.2, 0) is 17.4 Å². The summed E-state index contributed by atoms with van der Waals surface area (Å²) in [5, 5.41) is 13.7. The highest BCUT2D eigenvalue weighted by molar-refractivity contribution is 6.32. The first-order valence-corrected chi connectivity index (χ1v) is 9.62. The summed E-state index contributed by atoms with van der Waals surface area (Å²) in [6, 6.07) is 5.88. The van der Waals surface area contributed by atoms with Gasteiger partial charge in [-0.05, 0) is 37.5 Å². The van der Waals surface area contributed by atoms with E-state index >= 15 is 0 Å². The van der Waals surface area contributed by atoms with Gasteiger partial charge in [0.2, 0.25) is 5.91 Å². The zero-order chi connectivity index (χ0) is 22.1. The molecule has 2 aromatic rings. The molecule has 3 rings (SSSR count). The minimum atomic E-state index is -4.69. The molecule has 0 unspecified atom stereocenters. The average molecular weight is 446 g/mol. The maximum atomic E-state index is 13.0. The molecule has 1 aromatic heterocycles. The molecule has 1 N–H and O–H groups in total. The molecule has 1 aromatic carbocycles. The van der Waals surface area contributed by atoms with E-state index in [1.54, 1.807) is 12.1 Å². The molecule has 30 heavy (non-hydrogen) atoms. The number of benzene rings is 1. The van der Waals surface area contributed by atoms with E-state index in [-0.39, 0.29) is 24.6 Å². The first-order chi connectivity index (χ1) is 14.0. The Labute approximate surface area is 175 Å². The zero-order valence-electron chi connectivity index (χ0n) is 16.1. The summed E-state index contributed by atoms with van der Waals surface area (Å²) in [6.45, 7) is 1.94. The maximum Gasteiger partial charge on any atom is 0.436 e. The zero-order valence-corrected chi connectivity index (χ0v) is 16.8. The van der Waals surface area contributed by atoms with Crippen molar-refractivity contribution >= 4 is 23.7 Å². The lowest BCUT2D eigenvalue weighted by Gasteiger charge is -2.38. The van der Waals surface area contributed by atoms with Crippen molar-refractivity contribution in [3.05, 3.63) is 58.1 Å². The quantitative estimate of drug-likeness (QED) is 0.570. The summed E-state index contributed by atoms with van der Waals surface area (Å²) < 4.78 is 52.6. The first-order valence-electron chi connectivity index (χ1n) is 9.24. The Morgan fingerprint density at radius 2 is 1.87 bits per heavy atom. The highest BCUT2D eigenvalue weighted by Gasteiger charge is 2.38. The summed E-state index contributed by atoms with van der Waals surface area (Å²) >= 11 is 5.69. The largest absolute Gasteiger partial charge is 0.436 e. The van der Waals surface area contributed by atoms with E-state index in [9.17, 15) is 27.5 Å². The van der Waals surface area contributed by atoms with Crippen LogP contribution >= 0.6 is 11.6 Å². The molecule has 1 amide bonds. The molecule has 1 saturated heterocycles. The van der Waals surface area contributed by atoms with Crippen LogP contribution in [0.3, 0.4) is 0 Å². The molecule has 0 bridgehead atoms. The number of aliphatic hydroxyl groups is 1. The molecule has 0 aliphatic carbocycles. The van der Waals surface area contributed by atoms with Crippen molar-refractivity contribution in [2.24, 2.45) is 0 Å². The Kier molecular flexibility index (Phi) is 6.24. The lowest BCUT2D eigenvalue weighted by molar-refractivity contribution is -0.141. The van der Waals surface area contributed by atoms with Gasteiger partial charge in [0, 0.05) is 31.8 Å². The van der Waals surface area contributed by atoms with Gasteiger partial charge < -0.3 is 10.0 Å². The van der Waals surface area contributed by atoms with Crippen LogP contribution in [0.2, 0.25) is 5.02 Å². The molecule has 1 fully saturated rings. The van der Waals surface area contributed by atoms with Crippen molar-refractivity contribution in [2.45, 2.75) is 38.0 Å². The van der Waals surface area contributed by atoms with E-state index in [0.717, 1.165) is 22.5 Å². The second kappa shape index (κ2) is 8.39. The summed E-state index contributed by atoms with van der Waals surface area (Å²) in [7, 11) is 0. The highest BCUT2D eigenvalue weighted by Crippen LogP contribution is 2.35. The maximum absolute atomic E-state index is 13.0. The van der Waals surface area contributed by atoms with Crippen LogP contribution in [-0.4, -0.2) is 44.4 Å². The number of carbonyl (C=O) groups is 1. The van der Waals surface area contributed by atoms with Crippen LogP contribution in [0.1, 0.15) is 29.8 Å². The number of hydrogen-bond acceptors (Lipinski definition) is 3. The van der Waals surface area contributed by atoms with Gasteiger partial charge in [0.05, 0.1) is 16.3 Å². The van der Waals surface area contributed by atoms with Gasteiger partial charge in [-0.1, -0.05) is 23.7 Å². The van der Waals surface area contributed by atoms with E-state index in [4.69, 9.17) is 11.6 Å². The molecule has 0 atom stereocenters. The van der Waals surface area contributed by atoms with Crippen LogP contribution in [0.5, 0.6) is 0 Å². The average Bonchev–Trinajstić information content (AvgIpc) is 2.97. The Bertz CT molecular complexity index is 946. The lowest BCUT2D eigenvalue weighted by atomic mass is 9.85. The third kappa shape index (κ3) is 5.02. The van der Waals surface area contributed by atoms with Gasteiger partial charge in [-0.25, -0.2) is 9.07 Å². The summed E-state index contributed by atoms with van der Waals surface area (Å²) in [6.07, 6.45) is -1.42. The molecular weight excluding hydrogens is 426 g/mol. The van der Waals surface area contributed by atoms with Gasteiger partial charge in [0.15, 0.2) is 5.69 Å². The Balaban J connectivity index is 1.61. The van der Waals surface area contributed by atoms with Gasteiger partial charge in [0.1, 0.15) is 5.82 Å². The minimum absolute atomic E-state index is 0.0698. The summed E-state index contributed by atoms with van der Waals surface area (Å²) in [5.74, 6) is -0.757. The molecule has 5 nitrogen and oxygen atoms in total. The third-order valence-corrected chi connectivity index (χ3v) is 5.61. The molecule has 2 heterocycles. The van der Waals surface area contributed by atoms with Crippen molar-refractivity contribution in [1.29, 1.82) is 0 Å². The molecule has 0 radical (unpaired) electrons. The molecular formula is C20H20ClF4N3O2. The van der Waals surface area contributed by atoms with Gasteiger partial charge in [0.25, 0.3) is 0 Å². The van der Waals surface area contributed by atoms with Crippen LogP contribution in [0.15, 0.2) is 30.3 Å². The fourth-order valence-electron chi connectivity index (χ4n) is 3.37. The first kappa shape index (κ1) is 22.3. The van der Waals surface area contributed by atoms with E-state index in [2.05, 4.69) is 5.10 Å². The van der Waals surface area contributed by atoms with E-state index in [1.807, 2.05) is 0 Å². The Hall–Kier alpha value is -2.39. The molecule has 1 aliphatic rings. The van der Waals surface area contributed by atoms with Crippen molar-refractivity contribution in [1.82, 2.24) is 14.7 Å². The molecule has 1 aliphatic heterocycles. The van der Waals surface area contributed by atoms with Gasteiger partial charge in [-0.3, -0.25) is 4.79 Å². The predicted molar refractivity (Wildman–Crippen MR) is 103 cm³/mol. The van der Waals surface area contributed by atoms with Crippen LogP contribution in [0.25, 0.3) is 6.20 Å². The summed E-state index contributed by atoms with van der Waals surface area (Å²) in [4.78, 5) is 13.9. The predicted octanol–water partition coefficient (Wildman–Crippen LogP) is 4.07. The Morgan fingerprint density at radius 3 is 2.40 bits per heavy atom. The number of amides is 1. The smallest absolute Gasteiger partial charge is 0.389 e. The second-order valence-corrected chi connectivity index (χ2v) is 7.74. The van der Waals surface area contributed by atoms with Gasteiger partial charge >= 0.3 is 6.18 Å². The number of rotatable bonds is 4.